The topological polar surface area (TPSA) is 85.2 Å². The van der Waals surface area contributed by atoms with Gasteiger partial charge in [-0.05, 0) is 6.07 Å². The van der Waals surface area contributed by atoms with Gasteiger partial charge in [0.2, 0.25) is 5.91 Å². The molecule has 2 aromatic rings. The maximum Gasteiger partial charge on any atom is 0.217 e. The van der Waals surface area contributed by atoms with E-state index in [1.54, 1.807) is 12.3 Å². The van der Waals surface area contributed by atoms with Crippen molar-refractivity contribution in [3.63, 3.8) is 0 Å². The van der Waals surface area contributed by atoms with Crippen LogP contribution in [0.25, 0.3) is 0 Å². The van der Waals surface area contributed by atoms with Crippen molar-refractivity contribution >= 4 is 5.91 Å². The van der Waals surface area contributed by atoms with Gasteiger partial charge in [-0.1, -0.05) is 0 Å². The average molecular weight is 330 g/mol. The van der Waals surface area contributed by atoms with Crippen molar-refractivity contribution in [2.24, 2.45) is 7.05 Å². The molecular formula is C16H22N6O2. The van der Waals surface area contributed by atoms with Crippen LogP contribution in [0.1, 0.15) is 30.4 Å². The lowest BCUT2D eigenvalue weighted by atomic mass is 10.2. The van der Waals surface area contributed by atoms with E-state index in [-0.39, 0.29) is 12.0 Å². The first kappa shape index (κ1) is 16.5. The molecule has 1 fully saturated rings. The highest BCUT2D eigenvalue weighted by Gasteiger charge is 2.25. The first-order valence-electron chi connectivity index (χ1n) is 7.98. The van der Waals surface area contributed by atoms with Gasteiger partial charge in [0.1, 0.15) is 11.9 Å². The third kappa shape index (κ3) is 4.15. The van der Waals surface area contributed by atoms with Crippen molar-refractivity contribution in [2.45, 2.75) is 26.1 Å². The van der Waals surface area contributed by atoms with Crippen LogP contribution in [-0.4, -0.2) is 50.0 Å². The molecule has 8 heteroatoms. The second kappa shape index (κ2) is 7.50. The molecular weight excluding hydrogens is 308 g/mol. The van der Waals surface area contributed by atoms with E-state index in [0.717, 1.165) is 31.2 Å². The summed E-state index contributed by atoms with van der Waals surface area (Å²) in [5.74, 6) is 1.60. The van der Waals surface area contributed by atoms with E-state index in [2.05, 4.69) is 25.2 Å². The SMILES string of the molecule is CC(=O)NCc1ccnc(C2CN(Cc3nccn3C)CCO2)n1. The van der Waals surface area contributed by atoms with Crippen LogP contribution < -0.4 is 5.32 Å². The molecule has 0 radical (unpaired) electrons. The number of aryl methyl sites for hydroxylation is 1. The number of ether oxygens (including phenoxy) is 1. The van der Waals surface area contributed by atoms with E-state index in [1.807, 2.05) is 24.0 Å². The summed E-state index contributed by atoms with van der Waals surface area (Å²) in [5.41, 5.74) is 0.778. The molecule has 1 amide bonds. The Morgan fingerprint density at radius 3 is 3.04 bits per heavy atom. The van der Waals surface area contributed by atoms with Crippen LogP contribution in [0.15, 0.2) is 24.7 Å². The van der Waals surface area contributed by atoms with Gasteiger partial charge in [-0.2, -0.15) is 0 Å². The van der Waals surface area contributed by atoms with Crippen molar-refractivity contribution in [2.75, 3.05) is 19.7 Å². The molecule has 0 aliphatic carbocycles. The summed E-state index contributed by atoms with van der Waals surface area (Å²) in [6.45, 7) is 4.87. The quantitative estimate of drug-likeness (QED) is 0.855. The molecule has 1 unspecified atom stereocenters. The number of carbonyl (C=O) groups excluding carboxylic acids is 1. The molecule has 1 aliphatic rings. The summed E-state index contributed by atoms with van der Waals surface area (Å²) >= 11 is 0. The molecule has 1 aliphatic heterocycles. The molecule has 2 aromatic heterocycles. The molecule has 3 rings (SSSR count). The minimum Gasteiger partial charge on any atom is -0.368 e. The van der Waals surface area contributed by atoms with E-state index in [1.165, 1.54) is 6.92 Å². The predicted octanol–water partition coefficient (Wildman–Crippen LogP) is 0.420. The number of imidazole rings is 1. The van der Waals surface area contributed by atoms with Crippen molar-refractivity contribution in [1.82, 2.24) is 29.7 Å². The number of nitrogens with one attached hydrogen (secondary N) is 1. The van der Waals surface area contributed by atoms with Crippen molar-refractivity contribution in [3.05, 3.63) is 42.0 Å². The first-order chi connectivity index (χ1) is 11.6. The first-order valence-corrected chi connectivity index (χ1v) is 7.98. The normalized spacial score (nSPS) is 18.5. The van der Waals surface area contributed by atoms with Crippen LogP contribution in [0.3, 0.4) is 0 Å². The van der Waals surface area contributed by atoms with Crippen LogP contribution in [0.4, 0.5) is 0 Å². The van der Waals surface area contributed by atoms with Crippen molar-refractivity contribution in [1.29, 1.82) is 0 Å². The van der Waals surface area contributed by atoms with Crippen LogP contribution in [-0.2, 0) is 29.7 Å². The van der Waals surface area contributed by atoms with E-state index in [9.17, 15) is 4.79 Å². The Hall–Kier alpha value is -2.32. The average Bonchev–Trinajstić information content (AvgIpc) is 2.98. The van der Waals surface area contributed by atoms with Crippen LogP contribution in [0, 0.1) is 0 Å². The minimum absolute atomic E-state index is 0.0784. The predicted molar refractivity (Wildman–Crippen MR) is 86.7 cm³/mol. The highest BCUT2D eigenvalue weighted by atomic mass is 16.5. The number of hydrogen-bond acceptors (Lipinski definition) is 6. The van der Waals surface area contributed by atoms with Crippen LogP contribution in [0.2, 0.25) is 0 Å². The third-order valence-electron chi connectivity index (χ3n) is 3.97. The Labute approximate surface area is 140 Å². The number of rotatable bonds is 5. The van der Waals surface area contributed by atoms with Gasteiger partial charge in [0, 0.05) is 45.7 Å². The van der Waals surface area contributed by atoms with Gasteiger partial charge < -0.3 is 14.6 Å². The number of hydrogen-bond donors (Lipinski definition) is 1. The largest absolute Gasteiger partial charge is 0.368 e. The smallest absolute Gasteiger partial charge is 0.217 e. The standard InChI is InChI=1S/C16H22N6O2/c1-12(23)19-9-13-3-4-18-16(20-13)14-10-22(7-8-24-14)11-15-17-5-6-21(15)2/h3-6,14H,7-11H2,1-2H3,(H,19,23). The Bertz CT molecular complexity index is 701. The fourth-order valence-corrected chi connectivity index (χ4v) is 2.63. The molecule has 3 heterocycles. The Morgan fingerprint density at radius 2 is 2.29 bits per heavy atom. The Morgan fingerprint density at radius 1 is 1.42 bits per heavy atom. The summed E-state index contributed by atoms with van der Waals surface area (Å²) in [7, 11) is 1.99. The number of amides is 1. The van der Waals surface area contributed by atoms with Gasteiger partial charge in [-0.15, -0.1) is 0 Å². The monoisotopic (exact) mass is 330 g/mol. The van der Waals surface area contributed by atoms with Crippen LogP contribution >= 0.6 is 0 Å². The highest BCUT2D eigenvalue weighted by Crippen LogP contribution is 2.20. The number of aromatic nitrogens is 4. The maximum atomic E-state index is 11.0. The summed E-state index contributed by atoms with van der Waals surface area (Å²) in [6, 6.07) is 1.80. The lowest BCUT2D eigenvalue weighted by Crippen LogP contribution is -2.39. The van der Waals surface area contributed by atoms with Gasteiger partial charge in [0.25, 0.3) is 0 Å². The molecule has 0 bridgehead atoms. The molecule has 0 saturated carbocycles. The van der Waals surface area contributed by atoms with E-state index < -0.39 is 0 Å². The Kier molecular flexibility index (Phi) is 5.17. The second-order valence-electron chi connectivity index (χ2n) is 5.86. The molecule has 1 saturated heterocycles. The molecule has 0 spiro atoms. The van der Waals surface area contributed by atoms with Crippen molar-refractivity contribution < 1.29 is 9.53 Å². The van der Waals surface area contributed by atoms with Gasteiger partial charge in [0.15, 0.2) is 5.82 Å². The summed E-state index contributed by atoms with van der Waals surface area (Å²) in [4.78, 5) is 26.6. The number of nitrogens with zero attached hydrogens (tertiary/aromatic N) is 5. The molecule has 128 valence electrons. The number of morpholine rings is 1. The zero-order valence-corrected chi connectivity index (χ0v) is 14.0. The maximum absolute atomic E-state index is 11.0. The molecule has 1 atom stereocenters. The Balaban J connectivity index is 1.65. The number of carbonyl (C=O) groups is 1. The van der Waals surface area contributed by atoms with Crippen molar-refractivity contribution in [3.8, 4) is 0 Å². The fraction of sp³-hybridized carbons (Fsp3) is 0.500. The highest BCUT2D eigenvalue weighted by molar-refractivity contribution is 5.72. The zero-order chi connectivity index (χ0) is 16.9. The molecule has 0 aromatic carbocycles. The molecule has 1 N–H and O–H groups in total. The van der Waals surface area contributed by atoms with Crippen LogP contribution in [0.5, 0.6) is 0 Å². The minimum atomic E-state index is -0.170. The summed E-state index contributed by atoms with van der Waals surface area (Å²) < 4.78 is 7.87. The van der Waals surface area contributed by atoms with Gasteiger partial charge in [0.05, 0.1) is 25.4 Å². The zero-order valence-electron chi connectivity index (χ0n) is 14.0. The second-order valence-corrected chi connectivity index (χ2v) is 5.86. The fourth-order valence-electron chi connectivity index (χ4n) is 2.63. The van der Waals surface area contributed by atoms with Gasteiger partial charge in [-0.3, -0.25) is 9.69 Å². The van der Waals surface area contributed by atoms with Gasteiger partial charge in [-0.25, -0.2) is 15.0 Å². The van der Waals surface area contributed by atoms with Gasteiger partial charge >= 0.3 is 0 Å². The lowest BCUT2D eigenvalue weighted by Gasteiger charge is -2.31. The molecule has 24 heavy (non-hydrogen) atoms. The van der Waals surface area contributed by atoms with E-state index >= 15 is 0 Å². The van der Waals surface area contributed by atoms with E-state index in [0.29, 0.717) is 19.0 Å². The lowest BCUT2D eigenvalue weighted by molar-refractivity contribution is -0.119. The molecule has 8 nitrogen and oxygen atoms in total. The van der Waals surface area contributed by atoms with E-state index in [4.69, 9.17) is 4.74 Å². The summed E-state index contributed by atoms with van der Waals surface area (Å²) in [6.07, 6.45) is 5.29. The third-order valence-corrected chi connectivity index (χ3v) is 3.97. The summed E-state index contributed by atoms with van der Waals surface area (Å²) in [5, 5.41) is 2.75.